The second-order valence-electron chi connectivity index (χ2n) is 9.42. The van der Waals surface area contributed by atoms with Gasteiger partial charge in [-0.15, -0.1) is 0 Å². The molecule has 1 amide bonds. The Labute approximate surface area is 195 Å². The lowest BCUT2D eigenvalue weighted by atomic mass is 9.80. The third kappa shape index (κ3) is 4.06. The van der Waals surface area contributed by atoms with Gasteiger partial charge in [0, 0.05) is 25.9 Å². The number of nitrogens with zero attached hydrogens (tertiary/aromatic N) is 1. The smallest absolute Gasteiger partial charge is 0.234 e. The number of ketones is 1. The van der Waals surface area contributed by atoms with Gasteiger partial charge in [-0.3, -0.25) is 9.59 Å². The molecule has 1 fully saturated rings. The standard InChI is InChI=1S/C29H29NO3/c1-20-17-21(2)26-24(31)19-29(33-25(26)18-20)13-15-30(16-14-29)28(32)27(22-9-5-3-6-10-22)23-11-7-4-8-12-23/h3-12,17-18,27H,13-16,19H2,1-2H3. The highest BCUT2D eigenvalue weighted by Gasteiger charge is 2.45. The second-order valence-corrected chi connectivity index (χ2v) is 9.42. The number of benzene rings is 3. The average molecular weight is 440 g/mol. The minimum Gasteiger partial charge on any atom is -0.486 e. The molecule has 5 rings (SSSR count). The number of carbonyl (C=O) groups excluding carboxylic acids is 2. The zero-order chi connectivity index (χ0) is 23.0. The SMILES string of the molecule is Cc1cc(C)c2c(c1)OC1(CCN(C(=O)C(c3ccccc3)c3ccccc3)CC1)CC2=O. The van der Waals surface area contributed by atoms with E-state index in [1.165, 1.54) is 0 Å². The van der Waals surface area contributed by atoms with Crippen molar-refractivity contribution in [2.45, 2.75) is 44.6 Å². The van der Waals surface area contributed by atoms with Crippen molar-refractivity contribution in [1.29, 1.82) is 0 Å². The van der Waals surface area contributed by atoms with Gasteiger partial charge in [0.2, 0.25) is 5.91 Å². The number of hydrogen-bond acceptors (Lipinski definition) is 3. The number of ether oxygens (including phenoxy) is 1. The fraction of sp³-hybridized carbons (Fsp3) is 0.310. The molecule has 3 aromatic carbocycles. The van der Waals surface area contributed by atoms with Gasteiger partial charge >= 0.3 is 0 Å². The van der Waals surface area contributed by atoms with Crippen LogP contribution >= 0.6 is 0 Å². The molecule has 1 spiro atoms. The molecule has 168 valence electrons. The fourth-order valence-electron chi connectivity index (χ4n) is 5.38. The number of hydrogen-bond donors (Lipinski definition) is 0. The summed E-state index contributed by atoms with van der Waals surface area (Å²) in [5.41, 5.74) is 4.27. The predicted octanol–water partition coefficient (Wildman–Crippen LogP) is 5.46. The normalized spacial score (nSPS) is 17.1. The third-order valence-electron chi connectivity index (χ3n) is 7.03. The third-order valence-corrected chi connectivity index (χ3v) is 7.03. The average Bonchev–Trinajstić information content (AvgIpc) is 2.80. The van der Waals surface area contributed by atoms with Crippen LogP contribution in [0.25, 0.3) is 0 Å². The van der Waals surface area contributed by atoms with E-state index < -0.39 is 5.60 Å². The van der Waals surface area contributed by atoms with Crippen LogP contribution in [-0.4, -0.2) is 35.3 Å². The number of aryl methyl sites for hydroxylation is 2. The number of likely N-dealkylation sites (tertiary alicyclic amines) is 1. The van der Waals surface area contributed by atoms with Gasteiger partial charge in [0.05, 0.1) is 17.9 Å². The van der Waals surface area contributed by atoms with Gasteiger partial charge in [0.25, 0.3) is 0 Å². The first-order valence-corrected chi connectivity index (χ1v) is 11.7. The molecule has 0 N–H and O–H groups in total. The summed E-state index contributed by atoms with van der Waals surface area (Å²) < 4.78 is 6.49. The second kappa shape index (κ2) is 8.51. The van der Waals surface area contributed by atoms with Crippen LogP contribution in [0.5, 0.6) is 5.75 Å². The zero-order valence-corrected chi connectivity index (χ0v) is 19.2. The summed E-state index contributed by atoms with van der Waals surface area (Å²) in [7, 11) is 0. The number of piperidine rings is 1. The molecule has 4 heteroatoms. The Morgan fingerprint density at radius 2 is 1.48 bits per heavy atom. The van der Waals surface area contributed by atoms with Crippen LogP contribution in [0.1, 0.15) is 57.8 Å². The molecule has 0 atom stereocenters. The summed E-state index contributed by atoms with van der Waals surface area (Å²) in [4.78, 5) is 28.7. The molecule has 4 nitrogen and oxygen atoms in total. The van der Waals surface area contributed by atoms with Gasteiger partial charge in [-0.25, -0.2) is 0 Å². The number of Topliss-reactive ketones (excluding diaryl/α,β-unsaturated/α-hetero) is 1. The van der Waals surface area contributed by atoms with Gasteiger partial charge in [0.15, 0.2) is 5.78 Å². The lowest BCUT2D eigenvalue weighted by Crippen LogP contribution is -2.53. The largest absolute Gasteiger partial charge is 0.486 e. The summed E-state index contributed by atoms with van der Waals surface area (Å²) in [5, 5.41) is 0. The highest BCUT2D eigenvalue weighted by Crippen LogP contribution is 2.41. The van der Waals surface area contributed by atoms with Crippen LogP contribution in [-0.2, 0) is 4.79 Å². The Hall–Kier alpha value is -3.40. The Morgan fingerprint density at radius 1 is 0.909 bits per heavy atom. The van der Waals surface area contributed by atoms with E-state index in [2.05, 4.69) is 0 Å². The van der Waals surface area contributed by atoms with Gasteiger partial charge in [-0.2, -0.15) is 0 Å². The topological polar surface area (TPSA) is 46.6 Å². The van der Waals surface area contributed by atoms with Gasteiger partial charge in [0.1, 0.15) is 11.4 Å². The molecule has 0 bridgehead atoms. The van der Waals surface area contributed by atoms with Crippen molar-refractivity contribution in [2.24, 2.45) is 0 Å². The lowest BCUT2D eigenvalue weighted by molar-refractivity contribution is -0.135. The van der Waals surface area contributed by atoms with Gasteiger partial charge < -0.3 is 9.64 Å². The quantitative estimate of drug-likeness (QED) is 0.544. The van der Waals surface area contributed by atoms with Crippen LogP contribution in [0.15, 0.2) is 72.8 Å². The molecular weight excluding hydrogens is 410 g/mol. The Kier molecular flexibility index (Phi) is 5.53. The zero-order valence-electron chi connectivity index (χ0n) is 19.2. The van der Waals surface area contributed by atoms with Crippen molar-refractivity contribution < 1.29 is 14.3 Å². The highest BCUT2D eigenvalue weighted by molar-refractivity contribution is 6.01. The molecule has 0 aliphatic carbocycles. The van der Waals surface area contributed by atoms with Crippen molar-refractivity contribution in [2.75, 3.05) is 13.1 Å². The molecule has 0 aromatic heterocycles. The summed E-state index contributed by atoms with van der Waals surface area (Å²) in [6.07, 6.45) is 1.70. The first-order valence-electron chi connectivity index (χ1n) is 11.7. The van der Waals surface area contributed by atoms with Crippen LogP contribution in [0.3, 0.4) is 0 Å². The number of rotatable bonds is 3. The van der Waals surface area contributed by atoms with E-state index in [0.29, 0.717) is 38.1 Å². The van der Waals surface area contributed by atoms with Crippen LogP contribution < -0.4 is 4.74 Å². The molecule has 2 aliphatic heterocycles. The number of fused-ring (bicyclic) bond motifs is 1. The van der Waals surface area contributed by atoms with E-state index in [9.17, 15) is 9.59 Å². The Balaban J connectivity index is 1.37. The van der Waals surface area contributed by atoms with Crippen molar-refractivity contribution in [3.05, 3.63) is 101 Å². The number of amides is 1. The highest BCUT2D eigenvalue weighted by atomic mass is 16.5. The minimum absolute atomic E-state index is 0.108. The van der Waals surface area contributed by atoms with Gasteiger partial charge in [-0.05, 0) is 42.2 Å². The van der Waals surface area contributed by atoms with Crippen molar-refractivity contribution in [3.8, 4) is 5.75 Å². The molecule has 0 saturated carbocycles. The molecule has 0 radical (unpaired) electrons. The van der Waals surface area contributed by atoms with Gasteiger partial charge in [-0.1, -0.05) is 66.7 Å². The molecule has 3 aromatic rings. The van der Waals surface area contributed by atoms with E-state index in [0.717, 1.165) is 27.8 Å². The molecule has 2 heterocycles. The molecule has 33 heavy (non-hydrogen) atoms. The van der Waals surface area contributed by atoms with E-state index in [1.807, 2.05) is 91.5 Å². The van der Waals surface area contributed by atoms with Crippen molar-refractivity contribution >= 4 is 11.7 Å². The Bertz CT molecular complexity index is 1140. The maximum absolute atomic E-state index is 13.7. The first-order chi connectivity index (χ1) is 16.0. The molecule has 0 unspecified atom stereocenters. The summed E-state index contributed by atoms with van der Waals surface area (Å²) in [6.45, 7) is 5.17. The molecule has 1 saturated heterocycles. The first kappa shape index (κ1) is 21.4. The van der Waals surface area contributed by atoms with Crippen LogP contribution in [0.2, 0.25) is 0 Å². The van der Waals surface area contributed by atoms with Crippen LogP contribution in [0, 0.1) is 13.8 Å². The summed E-state index contributed by atoms with van der Waals surface area (Å²) in [5.74, 6) is 0.632. The maximum atomic E-state index is 13.7. The maximum Gasteiger partial charge on any atom is 0.234 e. The van der Waals surface area contributed by atoms with E-state index >= 15 is 0 Å². The van der Waals surface area contributed by atoms with Crippen LogP contribution in [0.4, 0.5) is 0 Å². The van der Waals surface area contributed by atoms with Crippen molar-refractivity contribution in [3.63, 3.8) is 0 Å². The summed E-state index contributed by atoms with van der Waals surface area (Å²) >= 11 is 0. The molecular formula is C29H29NO3. The lowest BCUT2D eigenvalue weighted by Gasteiger charge is -2.44. The van der Waals surface area contributed by atoms with E-state index in [4.69, 9.17) is 4.74 Å². The minimum atomic E-state index is -0.518. The van der Waals surface area contributed by atoms with E-state index in [1.54, 1.807) is 0 Å². The fourth-order valence-corrected chi connectivity index (χ4v) is 5.38. The molecule has 2 aliphatic rings. The summed E-state index contributed by atoms with van der Waals surface area (Å²) in [6, 6.07) is 23.9. The van der Waals surface area contributed by atoms with Crippen molar-refractivity contribution in [1.82, 2.24) is 4.90 Å². The Morgan fingerprint density at radius 3 is 2.06 bits per heavy atom. The number of carbonyl (C=O) groups is 2. The monoisotopic (exact) mass is 439 g/mol. The van der Waals surface area contributed by atoms with E-state index in [-0.39, 0.29) is 17.6 Å². The predicted molar refractivity (Wildman–Crippen MR) is 129 cm³/mol.